The number of rotatable bonds is 6. The summed E-state index contributed by atoms with van der Waals surface area (Å²) in [5, 5.41) is 0.662. The molecule has 0 aliphatic rings. The highest BCUT2D eigenvalue weighted by Crippen LogP contribution is 2.19. The van der Waals surface area contributed by atoms with Gasteiger partial charge >= 0.3 is 0 Å². The molecule has 0 aliphatic heterocycles. The molecule has 0 saturated carbocycles. The van der Waals surface area contributed by atoms with Crippen molar-refractivity contribution in [1.82, 2.24) is 19.4 Å². The summed E-state index contributed by atoms with van der Waals surface area (Å²) in [6.45, 7) is 5.85. The largest absolute Gasteiger partial charge is 0.369 e. The molecule has 136 valence electrons. The van der Waals surface area contributed by atoms with E-state index in [4.69, 9.17) is 17.3 Å². The number of nitrogens with zero attached hydrogens (tertiary/aromatic N) is 4. The van der Waals surface area contributed by atoms with Crippen molar-refractivity contribution in [2.24, 2.45) is 0 Å². The van der Waals surface area contributed by atoms with Gasteiger partial charge in [0, 0.05) is 30.9 Å². The third-order valence-corrected chi connectivity index (χ3v) is 4.46. The standard InChI is InChI=1S/C19H22ClN5O/c1-3-8-24(12-13-6-5-7-15(20)9-13)18(26)14-10-16-17(22-11-14)25(4-2)19(21)23-16/h5-7,9-11H,3-4,8,12H2,1-2H3,(H2,21,23). The molecule has 0 bridgehead atoms. The Labute approximate surface area is 157 Å². The van der Waals surface area contributed by atoms with Crippen molar-refractivity contribution in [3.8, 4) is 0 Å². The first-order chi connectivity index (χ1) is 12.5. The second kappa shape index (κ2) is 7.74. The predicted octanol–water partition coefficient (Wildman–Crippen LogP) is 3.74. The SMILES string of the molecule is CCCN(Cc1cccc(Cl)c1)C(=O)c1cnc2c(c1)nc(N)n2CC. The van der Waals surface area contributed by atoms with Gasteiger partial charge in [-0.05, 0) is 37.1 Å². The molecule has 0 saturated heterocycles. The van der Waals surface area contributed by atoms with Gasteiger partial charge in [0.1, 0.15) is 5.52 Å². The number of hydrogen-bond acceptors (Lipinski definition) is 4. The van der Waals surface area contributed by atoms with Gasteiger partial charge in [0.05, 0.1) is 5.56 Å². The number of carbonyl (C=O) groups excluding carboxylic acids is 1. The second-order valence-electron chi connectivity index (χ2n) is 6.14. The van der Waals surface area contributed by atoms with Crippen LogP contribution in [0.4, 0.5) is 5.95 Å². The lowest BCUT2D eigenvalue weighted by Gasteiger charge is -2.22. The number of benzene rings is 1. The lowest BCUT2D eigenvalue weighted by atomic mass is 10.1. The molecule has 2 aromatic heterocycles. The van der Waals surface area contributed by atoms with E-state index in [1.165, 1.54) is 0 Å². The zero-order valence-electron chi connectivity index (χ0n) is 14.9. The van der Waals surface area contributed by atoms with E-state index in [-0.39, 0.29) is 5.91 Å². The first-order valence-corrected chi connectivity index (χ1v) is 9.06. The van der Waals surface area contributed by atoms with Crippen molar-refractivity contribution >= 4 is 34.6 Å². The van der Waals surface area contributed by atoms with Crippen molar-refractivity contribution < 1.29 is 4.79 Å². The number of anilines is 1. The number of pyridine rings is 1. The van der Waals surface area contributed by atoms with Gasteiger partial charge in [-0.1, -0.05) is 30.7 Å². The molecule has 0 aliphatic carbocycles. The van der Waals surface area contributed by atoms with Gasteiger partial charge in [0.2, 0.25) is 5.95 Å². The number of hydrogen-bond donors (Lipinski definition) is 1. The molecule has 2 N–H and O–H groups in total. The fraction of sp³-hybridized carbons (Fsp3) is 0.316. The van der Waals surface area contributed by atoms with Crippen molar-refractivity contribution in [1.29, 1.82) is 0 Å². The average Bonchev–Trinajstić information content (AvgIpc) is 2.94. The molecule has 7 heteroatoms. The van der Waals surface area contributed by atoms with Crippen LogP contribution in [0.5, 0.6) is 0 Å². The van der Waals surface area contributed by atoms with Crippen LogP contribution < -0.4 is 5.73 Å². The summed E-state index contributed by atoms with van der Waals surface area (Å²) in [6.07, 6.45) is 2.46. The summed E-state index contributed by atoms with van der Waals surface area (Å²) in [5.74, 6) is 0.329. The molecular weight excluding hydrogens is 350 g/mol. The van der Waals surface area contributed by atoms with Crippen molar-refractivity contribution in [3.63, 3.8) is 0 Å². The van der Waals surface area contributed by atoms with E-state index in [1.54, 1.807) is 17.2 Å². The minimum atomic E-state index is -0.0779. The van der Waals surface area contributed by atoms with Gasteiger partial charge in [0.15, 0.2) is 5.65 Å². The highest BCUT2D eigenvalue weighted by atomic mass is 35.5. The van der Waals surface area contributed by atoms with Crippen LogP contribution >= 0.6 is 11.6 Å². The number of nitrogen functional groups attached to an aromatic ring is 1. The molecule has 0 unspecified atom stereocenters. The van der Waals surface area contributed by atoms with Crippen LogP contribution in [0, 0.1) is 0 Å². The Balaban J connectivity index is 1.90. The monoisotopic (exact) mass is 371 g/mol. The van der Waals surface area contributed by atoms with E-state index in [9.17, 15) is 4.79 Å². The lowest BCUT2D eigenvalue weighted by molar-refractivity contribution is 0.0743. The van der Waals surface area contributed by atoms with E-state index in [2.05, 4.69) is 9.97 Å². The summed E-state index contributed by atoms with van der Waals surface area (Å²) < 4.78 is 1.82. The number of halogens is 1. The van der Waals surface area contributed by atoms with Gasteiger partial charge in [0.25, 0.3) is 5.91 Å². The Morgan fingerprint density at radius 3 is 2.81 bits per heavy atom. The number of aryl methyl sites for hydroxylation is 1. The maximum atomic E-state index is 13.0. The minimum absolute atomic E-state index is 0.0779. The first-order valence-electron chi connectivity index (χ1n) is 8.69. The Hall–Kier alpha value is -2.60. The number of fused-ring (bicyclic) bond motifs is 1. The molecule has 1 aromatic carbocycles. The zero-order valence-corrected chi connectivity index (χ0v) is 15.7. The third kappa shape index (κ3) is 3.65. The lowest BCUT2D eigenvalue weighted by Crippen LogP contribution is -2.31. The van der Waals surface area contributed by atoms with Crippen LogP contribution in [-0.2, 0) is 13.1 Å². The Kier molecular flexibility index (Phi) is 5.42. The Morgan fingerprint density at radius 1 is 1.31 bits per heavy atom. The van der Waals surface area contributed by atoms with E-state index in [0.29, 0.717) is 47.3 Å². The molecule has 3 rings (SSSR count). The van der Waals surface area contributed by atoms with Crippen molar-refractivity contribution in [3.05, 3.63) is 52.7 Å². The molecule has 3 aromatic rings. The molecule has 6 nitrogen and oxygen atoms in total. The van der Waals surface area contributed by atoms with Gasteiger partial charge in [-0.2, -0.15) is 0 Å². The molecule has 26 heavy (non-hydrogen) atoms. The van der Waals surface area contributed by atoms with E-state index in [1.807, 2.05) is 42.7 Å². The maximum Gasteiger partial charge on any atom is 0.255 e. The van der Waals surface area contributed by atoms with Crippen LogP contribution in [0.1, 0.15) is 36.2 Å². The summed E-state index contributed by atoms with van der Waals surface area (Å²) in [5.41, 5.74) is 8.75. The van der Waals surface area contributed by atoms with Crippen LogP contribution in [-0.4, -0.2) is 31.9 Å². The van der Waals surface area contributed by atoms with Crippen LogP contribution in [0.3, 0.4) is 0 Å². The van der Waals surface area contributed by atoms with Crippen molar-refractivity contribution in [2.75, 3.05) is 12.3 Å². The highest BCUT2D eigenvalue weighted by molar-refractivity contribution is 6.30. The Morgan fingerprint density at radius 2 is 2.12 bits per heavy atom. The molecule has 1 amide bonds. The van der Waals surface area contributed by atoms with E-state index >= 15 is 0 Å². The molecule has 0 spiro atoms. The fourth-order valence-electron chi connectivity index (χ4n) is 3.02. The van der Waals surface area contributed by atoms with Gasteiger partial charge < -0.3 is 10.6 Å². The van der Waals surface area contributed by atoms with Crippen LogP contribution in [0.15, 0.2) is 36.5 Å². The number of carbonyl (C=O) groups is 1. The molecular formula is C19H22ClN5O. The van der Waals surface area contributed by atoms with Gasteiger partial charge in [-0.3, -0.25) is 9.36 Å². The first kappa shape index (κ1) is 18.2. The number of imidazole rings is 1. The minimum Gasteiger partial charge on any atom is -0.369 e. The number of nitrogens with two attached hydrogens (primary N) is 1. The van der Waals surface area contributed by atoms with E-state index in [0.717, 1.165) is 12.0 Å². The maximum absolute atomic E-state index is 13.0. The summed E-state index contributed by atoms with van der Waals surface area (Å²) >= 11 is 6.06. The smallest absolute Gasteiger partial charge is 0.255 e. The number of aromatic nitrogens is 3. The molecule has 0 atom stereocenters. The van der Waals surface area contributed by atoms with E-state index < -0.39 is 0 Å². The topological polar surface area (TPSA) is 77.0 Å². The highest BCUT2D eigenvalue weighted by Gasteiger charge is 2.18. The quantitative estimate of drug-likeness (QED) is 0.716. The summed E-state index contributed by atoms with van der Waals surface area (Å²) in [6, 6.07) is 9.31. The molecule has 0 fully saturated rings. The normalized spacial score (nSPS) is 11.0. The van der Waals surface area contributed by atoms with Gasteiger partial charge in [-0.15, -0.1) is 0 Å². The summed E-state index contributed by atoms with van der Waals surface area (Å²) in [7, 11) is 0. The number of amides is 1. The van der Waals surface area contributed by atoms with Gasteiger partial charge in [-0.25, -0.2) is 9.97 Å². The van der Waals surface area contributed by atoms with Crippen LogP contribution in [0.2, 0.25) is 5.02 Å². The predicted molar refractivity (Wildman–Crippen MR) is 104 cm³/mol. The fourth-order valence-corrected chi connectivity index (χ4v) is 3.23. The third-order valence-electron chi connectivity index (χ3n) is 4.22. The summed E-state index contributed by atoms with van der Waals surface area (Å²) in [4.78, 5) is 23.5. The van der Waals surface area contributed by atoms with Crippen LogP contribution in [0.25, 0.3) is 11.2 Å². The zero-order chi connectivity index (χ0) is 18.7. The Bertz CT molecular complexity index is 937. The average molecular weight is 372 g/mol. The second-order valence-corrected chi connectivity index (χ2v) is 6.57. The van der Waals surface area contributed by atoms with Crippen molar-refractivity contribution in [2.45, 2.75) is 33.4 Å². The molecule has 2 heterocycles. The molecule has 0 radical (unpaired) electrons.